The smallest absolute Gasteiger partial charge is 0.327 e. The summed E-state index contributed by atoms with van der Waals surface area (Å²) in [6.45, 7) is 9.54. The molecular weight excluding hydrogens is 408 g/mol. The van der Waals surface area contributed by atoms with Gasteiger partial charge in [0.2, 0.25) is 0 Å². The van der Waals surface area contributed by atoms with E-state index < -0.39 is 5.97 Å². The Morgan fingerprint density at radius 2 is 1.39 bits per heavy atom. The van der Waals surface area contributed by atoms with E-state index in [0.717, 1.165) is 19.2 Å². The highest BCUT2D eigenvalue weighted by Crippen LogP contribution is 2.17. The molecule has 0 saturated heterocycles. The van der Waals surface area contributed by atoms with Crippen LogP contribution in [0.3, 0.4) is 0 Å². The van der Waals surface area contributed by atoms with Crippen LogP contribution in [0.4, 0.5) is 0 Å². The number of hydrogen-bond acceptors (Lipinski definition) is 3. The number of nitrogens with one attached hydrogen (secondary N) is 1. The van der Waals surface area contributed by atoms with Crippen LogP contribution in [0.25, 0.3) is 0 Å². The molecular formula is C29H54N2O2. The molecule has 4 heteroatoms. The molecule has 1 rings (SSSR count). The van der Waals surface area contributed by atoms with Gasteiger partial charge in [0, 0.05) is 18.5 Å². The Bertz CT molecular complexity index is 514. The second kappa shape index (κ2) is 25.1. The first kappa shape index (κ1) is 31.4. The summed E-state index contributed by atoms with van der Waals surface area (Å²) >= 11 is 0. The molecule has 192 valence electrons. The molecule has 0 amide bonds. The molecule has 33 heavy (non-hydrogen) atoms. The zero-order valence-corrected chi connectivity index (χ0v) is 22.0. The van der Waals surface area contributed by atoms with Crippen molar-refractivity contribution in [2.45, 2.75) is 129 Å². The molecule has 0 aromatic heterocycles. The van der Waals surface area contributed by atoms with Crippen molar-refractivity contribution in [3.63, 3.8) is 0 Å². The number of unbranched alkanes of at least 4 members (excludes halogenated alkanes) is 15. The molecule has 1 aliphatic rings. The zero-order valence-electron chi connectivity index (χ0n) is 22.0. The van der Waals surface area contributed by atoms with E-state index in [4.69, 9.17) is 5.11 Å². The van der Waals surface area contributed by atoms with Crippen molar-refractivity contribution in [2.24, 2.45) is 10.9 Å². The minimum atomic E-state index is -0.981. The number of allylic oxidation sites excluding steroid dienone is 1. The fourth-order valence-electron chi connectivity index (χ4n) is 4.14. The van der Waals surface area contributed by atoms with Gasteiger partial charge >= 0.3 is 5.97 Å². The quantitative estimate of drug-likeness (QED) is 0.102. The SMILES string of the molecule is C=CC(=O)O.CCCCCCCCCCCCCCC=CC(CCCCCC)C1=NCCN1. The molecule has 1 heterocycles. The number of amidine groups is 1. The van der Waals surface area contributed by atoms with Crippen molar-refractivity contribution >= 4 is 11.8 Å². The average Bonchev–Trinajstić information content (AvgIpc) is 3.36. The van der Waals surface area contributed by atoms with Gasteiger partial charge in [-0.3, -0.25) is 4.99 Å². The summed E-state index contributed by atoms with van der Waals surface area (Å²) in [6, 6.07) is 0. The van der Waals surface area contributed by atoms with E-state index in [2.05, 4.69) is 42.9 Å². The van der Waals surface area contributed by atoms with Crippen LogP contribution < -0.4 is 5.32 Å². The Labute approximate surface area is 205 Å². The van der Waals surface area contributed by atoms with Crippen LogP contribution in [0.2, 0.25) is 0 Å². The molecule has 0 bridgehead atoms. The summed E-state index contributed by atoms with van der Waals surface area (Å²) in [4.78, 5) is 13.9. The van der Waals surface area contributed by atoms with E-state index in [1.807, 2.05) is 0 Å². The van der Waals surface area contributed by atoms with Crippen LogP contribution in [0.1, 0.15) is 129 Å². The molecule has 1 atom stereocenters. The monoisotopic (exact) mass is 462 g/mol. The summed E-state index contributed by atoms with van der Waals surface area (Å²) in [6.07, 6.45) is 30.8. The maximum atomic E-state index is 9.25. The number of carboxylic acid groups (broad SMARTS) is 1. The van der Waals surface area contributed by atoms with Gasteiger partial charge in [0.25, 0.3) is 0 Å². The number of carboxylic acids is 1. The van der Waals surface area contributed by atoms with Gasteiger partial charge in [-0.2, -0.15) is 0 Å². The number of nitrogens with zero attached hydrogens (tertiary/aromatic N) is 1. The number of rotatable bonds is 21. The van der Waals surface area contributed by atoms with Gasteiger partial charge in [-0.05, 0) is 19.3 Å². The maximum absolute atomic E-state index is 9.25. The molecule has 2 N–H and O–H groups in total. The molecule has 0 aromatic carbocycles. The minimum Gasteiger partial charge on any atom is -0.478 e. The summed E-state index contributed by atoms with van der Waals surface area (Å²) < 4.78 is 0. The normalized spacial score (nSPS) is 13.8. The highest BCUT2D eigenvalue weighted by Gasteiger charge is 2.15. The number of carbonyl (C=O) groups is 1. The topological polar surface area (TPSA) is 61.7 Å². The lowest BCUT2D eigenvalue weighted by atomic mass is 9.98. The maximum Gasteiger partial charge on any atom is 0.327 e. The van der Waals surface area contributed by atoms with Gasteiger partial charge in [0.05, 0.1) is 6.54 Å². The van der Waals surface area contributed by atoms with Gasteiger partial charge in [-0.1, -0.05) is 129 Å². The van der Waals surface area contributed by atoms with Crippen molar-refractivity contribution in [2.75, 3.05) is 13.1 Å². The van der Waals surface area contributed by atoms with Crippen molar-refractivity contribution in [1.82, 2.24) is 5.32 Å². The van der Waals surface area contributed by atoms with Crippen molar-refractivity contribution in [3.05, 3.63) is 24.8 Å². The molecule has 0 spiro atoms. The third-order valence-electron chi connectivity index (χ3n) is 6.19. The van der Waals surface area contributed by atoms with Gasteiger partial charge in [0.1, 0.15) is 5.84 Å². The Hall–Kier alpha value is -1.58. The predicted octanol–water partition coefficient (Wildman–Crippen LogP) is 8.48. The minimum absolute atomic E-state index is 0.539. The molecule has 1 aliphatic heterocycles. The van der Waals surface area contributed by atoms with Crippen LogP contribution in [0.15, 0.2) is 29.8 Å². The second-order valence-corrected chi connectivity index (χ2v) is 9.30. The lowest BCUT2D eigenvalue weighted by Crippen LogP contribution is -2.26. The van der Waals surface area contributed by atoms with E-state index in [1.165, 1.54) is 121 Å². The predicted molar refractivity (Wildman–Crippen MR) is 145 cm³/mol. The van der Waals surface area contributed by atoms with Crippen LogP contribution >= 0.6 is 0 Å². The molecule has 0 fully saturated rings. The van der Waals surface area contributed by atoms with Crippen LogP contribution in [0, 0.1) is 5.92 Å². The molecule has 0 radical (unpaired) electrons. The van der Waals surface area contributed by atoms with Crippen molar-refractivity contribution in [1.29, 1.82) is 0 Å². The summed E-state index contributed by atoms with van der Waals surface area (Å²) in [5.41, 5.74) is 0. The molecule has 0 saturated carbocycles. The number of aliphatic imine (C=N–C) groups is 1. The number of aliphatic carboxylic acids is 1. The summed E-state index contributed by atoms with van der Waals surface area (Å²) in [7, 11) is 0. The third-order valence-corrected chi connectivity index (χ3v) is 6.19. The Balaban J connectivity index is 0.00000184. The van der Waals surface area contributed by atoms with Crippen LogP contribution in [0.5, 0.6) is 0 Å². The standard InChI is InChI=1S/C26H50N2.C3H4O2/c1-3-5-7-9-10-11-12-13-14-15-16-17-18-20-22-25(21-19-8-6-4-2)26-27-23-24-28-26;1-2-3(4)5/h20,22,25H,3-19,21,23-24H2,1-2H3,(H,27,28);2H,1H2,(H,4,5). The van der Waals surface area contributed by atoms with Crippen molar-refractivity contribution in [3.8, 4) is 0 Å². The molecule has 0 aromatic rings. The Kier molecular flexibility index (Phi) is 23.9. The third kappa shape index (κ3) is 22.0. The first-order valence-electron chi connectivity index (χ1n) is 14.0. The Morgan fingerprint density at radius 1 is 0.909 bits per heavy atom. The van der Waals surface area contributed by atoms with Gasteiger partial charge in [-0.25, -0.2) is 4.79 Å². The van der Waals surface area contributed by atoms with E-state index >= 15 is 0 Å². The van der Waals surface area contributed by atoms with Gasteiger partial charge < -0.3 is 10.4 Å². The summed E-state index contributed by atoms with van der Waals surface area (Å²) in [5, 5.41) is 11.1. The van der Waals surface area contributed by atoms with Crippen LogP contribution in [-0.2, 0) is 4.79 Å². The largest absolute Gasteiger partial charge is 0.478 e. The van der Waals surface area contributed by atoms with Crippen molar-refractivity contribution < 1.29 is 9.90 Å². The molecule has 0 aliphatic carbocycles. The first-order valence-corrected chi connectivity index (χ1v) is 14.0. The zero-order chi connectivity index (χ0) is 24.4. The first-order chi connectivity index (χ1) is 16.2. The van der Waals surface area contributed by atoms with E-state index in [-0.39, 0.29) is 0 Å². The van der Waals surface area contributed by atoms with Gasteiger partial charge in [0.15, 0.2) is 0 Å². The fourth-order valence-corrected chi connectivity index (χ4v) is 4.14. The van der Waals surface area contributed by atoms with Gasteiger partial charge in [-0.15, -0.1) is 0 Å². The fraction of sp³-hybridized carbons (Fsp3) is 0.793. The highest BCUT2D eigenvalue weighted by molar-refractivity contribution is 5.87. The van der Waals surface area contributed by atoms with E-state index in [9.17, 15) is 4.79 Å². The van der Waals surface area contributed by atoms with E-state index in [0.29, 0.717) is 5.92 Å². The Morgan fingerprint density at radius 3 is 1.85 bits per heavy atom. The van der Waals surface area contributed by atoms with Crippen LogP contribution in [-0.4, -0.2) is 30.0 Å². The highest BCUT2D eigenvalue weighted by atomic mass is 16.4. The average molecular weight is 463 g/mol. The summed E-state index contributed by atoms with van der Waals surface area (Å²) in [5.74, 6) is 0.809. The molecule has 1 unspecified atom stereocenters. The molecule has 4 nitrogen and oxygen atoms in total. The lowest BCUT2D eigenvalue weighted by Gasteiger charge is -2.13. The number of hydrogen-bond donors (Lipinski definition) is 2. The lowest BCUT2D eigenvalue weighted by molar-refractivity contribution is -0.131. The second-order valence-electron chi connectivity index (χ2n) is 9.30. The van der Waals surface area contributed by atoms with E-state index in [1.54, 1.807) is 0 Å².